The quantitative estimate of drug-likeness (QED) is 0.548. The minimum Gasteiger partial charge on any atom is -0.464 e. The van der Waals surface area contributed by atoms with Crippen LogP contribution in [0.4, 0.5) is 0 Å². The molecule has 0 aromatic carbocycles. The molecule has 0 saturated carbocycles. The molecule has 0 aliphatic rings. The van der Waals surface area contributed by atoms with Gasteiger partial charge in [0.05, 0.1) is 11.6 Å². The summed E-state index contributed by atoms with van der Waals surface area (Å²) in [4.78, 5) is 17.9. The van der Waals surface area contributed by atoms with Crippen LogP contribution < -0.4 is 5.56 Å². The summed E-state index contributed by atoms with van der Waals surface area (Å²) in [6, 6.07) is 3.68. The summed E-state index contributed by atoms with van der Waals surface area (Å²) >= 11 is 2.97. The lowest BCUT2D eigenvalue weighted by Gasteiger charge is -2.07. The second kappa shape index (κ2) is 4.86. The van der Waals surface area contributed by atoms with Crippen LogP contribution in [0.3, 0.4) is 0 Å². The first kappa shape index (κ1) is 12.5. The van der Waals surface area contributed by atoms with Gasteiger partial charge in [-0.25, -0.2) is 4.98 Å². The Kier molecular flexibility index (Phi) is 3.20. The number of fused-ring (bicyclic) bond motifs is 1. The Morgan fingerprint density at radius 2 is 2.37 bits per heavy atom. The van der Waals surface area contributed by atoms with E-state index >= 15 is 0 Å². The summed E-state index contributed by atoms with van der Waals surface area (Å²) < 4.78 is 7.10. The topological polar surface area (TPSA) is 48.0 Å². The van der Waals surface area contributed by atoms with Gasteiger partial charge in [-0.15, -0.1) is 11.3 Å². The molecule has 3 rings (SSSR count). The highest BCUT2D eigenvalue weighted by Crippen LogP contribution is 2.32. The van der Waals surface area contributed by atoms with Gasteiger partial charge in [-0.05, 0) is 25.3 Å². The molecule has 19 heavy (non-hydrogen) atoms. The average molecular weight is 292 g/mol. The van der Waals surface area contributed by atoms with Crippen LogP contribution in [0.2, 0.25) is 0 Å². The van der Waals surface area contributed by atoms with Crippen molar-refractivity contribution < 1.29 is 4.42 Å². The van der Waals surface area contributed by atoms with E-state index in [2.05, 4.69) is 4.98 Å². The van der Waals surface area contributed by atoms with E-state index in [4.69, 9.17) is 4.42 Å². The second-order valence-electron chi connectivity index (χ2n) is 3.95. The SMILES string of the molecule is CCn1c(SC)nc2scc(-c3ccco3)c2c1=O. The van der Waals surface area contributed by atoms with Gasteiger partial charge in [0, 0.05) is 17.5 Å². The zero-order chi connectivity index (χ0) is 13.4. The Labute approximate surface area is 118 Å². The molecule has 0 fully saturated rings. The number of rotatable bonds is 3. The minimum atomic E-state index is 0.00417. The Morgan fingerprint density at radius 1 is 1.53 bits per heavy atom. The van der Waals surface area contributed by atoms with Gasteiger partial charge in [-0.2, -0.15) is 0 Å². The van der Waals surface area contributed by atoms with E-state index < -0.39 is 0 Å². The molecule has 0 saturated heterocycles. The van der Waals surface area contributed by atoms with Crippen LogP contribution >= 0.6 is 23.1 Å². The van der Waals surface area contributed by atoms with Crippen molar-refractivity contribution in [2.75, 3.05) is 6.26 Å². The van der Waals surface area contributed by atoms with E-state index in [1.807, 2.05) is 30.7 Å². The lowest BCUT2D eigenvalue weighted by Crippen LogP contribution is -2.22. The fourth-order valence-corrected chi connectivity index (χ4v) is 3.64. The van der Waals surface area contributed by atoms with Crippen molar-refractivity contribution in [1.82, 2.24) is 9.55 Å². The van der Waals surface area contributed by atoms with Crippen molar-refractivity contribution in [2.24, 2.45) is 0 Å². The van der Waals surface area contributed by atoms with Gasteiger partial charge in [-0.1, -0.05) is 11.8 Å². The first-order valence-corrected chi connectivity index (χ1v) is 7.96. The molecule has 0 atom stereocenters. The predicted molar refractivity (Wildman–Crippen MR) is 79.0 cm³/mol. The standard InChI is InChI=1S/C13H12N2O2S2/c1-3-15-12(16)10-8(9-5-4-6-17-9)7-19-11(10)14-13(15)18-2/h4-7H,3H2,1-2H3. The first-order chi connectivity index (χ1) is 9.26. The molecular formula is C13H12N2O2S2. The monoisotopic (exact) mass is 292 g/mol. The van der Waals surface area contributed by atoms with Crippen molar-refractivity contribution in [2.45, 2.75) is 18.6 Å². The summed E-state index contributed by atoms with van der Waals surface area (Å²) in [6.45, 7) is 2.57. The maximum absolute atomic E-state index is 12.6. The molecule has 0 aliphatic heterocycles. The zero-order valence-corrected chi connectivity index (χ0v) is 12.2. The van der Waals surface area contributed by atoms with Gasteiger partial charge >= 0.3 is 0 Å². The Bertz CT molecular complexity index is 772. The number of thiophene rings is 1. The van der Waals surface area contributed by atoms with Crippen molar-refractivity contribution in [3.8, 4) is 11.3 Å². The number of furan rings is 1. The van der Waals surface area contributed by atoms with Crippen LogP contribution in [0, 0.1) is 0 Å². The van der Waals surface area contributed by atoms with E-state index in [1.165, 1.54) is 23.1 Å². The van der Waals surface area contributed by atoms with E-state index in [0.717, 1.165) is 15.6 Å². The molecule has 0 N–H and O–H groups in total. The molecule has 3 aromatic heterocycles. The van der Waals surface area contributed by atoms with E-state index in [0.29, 0.717) is 17.7 Å². The highest BCUT2D eigenvalue weighted by atomic mass is 32.2. The fourth-order valence-electron chi connectivity index (χ4n) is 2.05. The average Bonchev–Trinajstić information content (AvgIpc) is 3.06. The third-order valence-corrected chi connectivity index (χ3v) is 4.49. The van der Waals surface area contributed by atoms with E-state index in [9.17, 15) is 4.79 Å². The molecular weight excluding hydrogens is 280 g/mol. The number of hydrogen-bond acceptors (Lipinski definition) is 5. The Balaban J connectivity index is 2.37. The summed E-state index contributed by atoms with van der Waals surface area (Å²) in [5.41, 5.74) is 0.835. The highest BCUT2D eigenvalue weighted by Gasteiger charge is 2.17. The van der Waals surface area contributed by atoms with Gasteiger partial charge in [0.2, 0.25) is 0 Å². The summed E-state index contributed by atoms with van der Waals surface area (Å²) in [5.74, 6) is 0.713. The van der Waals surface area contributed by atoms with Crippen LogP contribution in [0.5, 0.6) is 0 Å². The minimum absolute atomic E-state index is 0.00417. The van der Waals surface area contributed by atoms with Crippen LogP contribution in [0.1, 0.15) is 6.92 Å². The highest BCUT2D eigenvalue weighted by molar-refractivity contribution is 7.98. The normalized spacial score (nSPS) is 11.3. The van der Waals surface area contributed by atoms with Gasteiger partial charge in [0.25, 0.3) is 5.56 Å². The number of hydrogen-bond donors (Lipinski definition) is 0. The molecule has 0 radical (unpaired) electrons. The van der Waals surface area contributed by atoms with Crippen molar-refractivity contribution in [3.05, 3.63) is 34.1 Å². The Hall–Kier alpha value is -1.53. The lowest BCUT2D eigenvalue weighted by molar-refractivity contribution is 0.582. The van der Waals surface area contributed by atoms with Crippen LogP contribution in [0.15, 0.2) is 38.1 Å². The summed E-state index contributed by atoms with van der Waals surface area (Å²) in [7, 11) is 0. The van der Waals surface area contributed by atoms with Gasteiger partial charge in [0.15, 0.2) is 5.16 Å². The molecule has 0 unspecified atom stereocenters. The summed E-state index contributed by atoms with van der Waals surface area (Å²) in [6.07, 6.45) is 3.54. The summed E-state index contributed by atoms with van der Waals surface area (Å²) in [5, 5.41) is 3.34. The fraction of sp³-hybridized carbons (Fsp3) is 0.231. The van der Waals surface area contributed by atoms with Crippen molar-refractivity contribution in [3.63, 3.8) is 0 Å². The first-order valence-electron chi connectivity index (χ1n) is 5.86. The van der Waals surface area contributed by atoms with Gasteiger partial charge in [-0.3, -0.25) is 9.36 Å². The zero-order valence-electron chi connectivity index (χ0n) is 10.5. The number of aromatic nitrogens is 2. The molecule has 4 nitrogen and oxygen atoms in total. The third-order valence-electron chi connectivity index (χ3n) is 2.94. The van der Waals surface area contributed by atoms with Gasteiger partial charge < -0.3 is 4.42 Å². The number of thioether (sulfide) groups is 1. The molecule has 0 bridgehead atoms. The maximum atomic E-state index is 12.6. The molecule has 0 amide bonds. The van der Waals surface area contributed by atoms with E-state index in [-0.39, 0.29) is 5.56 Å². The van der Waals surface area contributed by atoms with Crippen LogP contribution in [-0.2, 0) is 6.54 Å². The van der Waals surface area contributed by atoms with Gasteiger partial charge in [0.1, 0.15) is 10.6 Å². The second-order valence-corrected chi connectivity index (χ2v) is 5.59. The van der Waals surface area contributed by atoms with Crippen molar-refractivity contribution >= 4 is 33.3 Å². The smallest absolute Gasteiger partial charge is 0.263 e. The molecule has 6 heteroatoms. The Morgan fingerprint density at radius 3 is 3.00 bits per heavy atom. The lowest BCUT2D eigenvalue weighted by atomic mass is 10.2. The molecule has 0 spiro atoms. The maximum Gasteiger partial charge on any atom is 0.263 e. The predicted octanol–water partition coefficient (Wildman–Crippen LogP) is 3.46. The molecule has 3 heterocycles. The molecule has 98 valence electrons. The third kappa shape index (κ3) is 1.91. The van der Waals surface area contributed by atoms with Crippen molar-refractivity contribution in [1.29, 1.82) is 0 Å². The number of nitrogens with zero attached hydrogens (tertiary/aromatic N) is 2. The molecule has 0 aliphatic carbocycles. The molecule has 3 aromatic rings. The van der Waals surface area contributed by atoms with E-state index in [1.54, 1.807) is 10.8 Å². The van der Waals surface area contributed by atoms with Crippen LogP contribution in [-0.4, -0.2) is 15.8 Å². The largest absolute Gasteiger partial charge is 0.464 e. The van der Waals surface area contributed by atoms with Crippen LogP contribution in [0.25, 0.3) is 21.5 Å².